The maximum Gasteiger partial charge on any atom is 0.335 e. The van der Waals surface area contributed by atoms with E-state index in [2.05, 4.69) is 4.90 Å². The Balaban J connectivity index is 2.17. The Labute approximate surface area is 94.7 Å². The summed E-state index contributed by atoms with van der Waals surface area (Å²) in [5.74, 6) is -0.907. The molecule has 0 amide bonds. The maximum atomic E-state index is 10.8. The van der Waals surface area contributed by atoms with Crippen molar-refractivity contribution >= 4 is 11.7 Å². The summed E-state index contributed by atoms with van der Waals surface area (Å²) in [7, 11) is 2.05. The topological polar surface area (TPSA) is 66.6 Å². The van der Waals surface area contributed by atoms with Gasteiger partial charge in [0.15, 0.2) is 0 Å². The van der Waals surface area contributed by atoms with Gasteiger partial charge in [0, 0.05) is 18.3 Å². The largest absolute Gasteiger partial charge is 0.478 e. The Hall–Kier alpha value is -1.55. The maximum absolute atomic E-state index is 10.8. The van der Waals surface area contributed by atoms with Crippen LogP contribution in [0.2, 0.25) is 0 Å². The molecule has 3 N–H and O–H groups in total. The van der Waals surface area contributed by atoms with Crippen LogP contribution in [0.15, 0.2) is 18.2 Å². The van der Waals surface area contributed by atoms with E-state index in [1.54, 1.807) is 12.1 Å². The van der Waals surface area contributed by atoms with E-state index in [0.29, 0.717) is 17.3 Å². The second-order valence-corrected chi connectivity index (χ2v) is 4.37. The fourth-order valence-corrected chi connectivity index (χ4v) is 1.79. The lowest BCUT2D eigenvalue weighted by molar-refractivity contribution is 0.0696. The first-order valence-corrected chi connectivity index (χ1v) is 5.40. The molecule has 0 heterocycles. The summed E-state index contributed by atoms with van der Waals surface area (Å²) in [4.78, 5) is 13.1. The lowest BCUT2D eigenvalue weighted by Gasteiger charge is -2.17. The summed E-state index contributed by atoms with van der Waals surface area (Å²) < 4.78 is 0. The smallest absolute Gasteiger partial charge is 0.335 e. The van der Waals surface area contributed by atoms with Crippen molar-refractivity contribution in [2.24, 2.45) is 0 Å². The molecule has 2 rings (SSSR count). The van der Waals surface area contributed by atoms with Crippen LogP contribution in [0.25, 0.3) is 0 Å². The third kappa shape index (κ3) is 2.33. The van der Waals surface area contributed by atoms with Crippen molar-refractivity contribution in [3.8, 4) is 0 Å². The minimum absolute atomic E-state index is 0.299. The van der Waals surface area contributed by atoms with E-state index in [-0.39, 0.29) is 0 Å². The Morgan fingerprint density at radius 2 is 2.25 bits per heavy atom. The number of nitrogens with zero attached hydrogens (tertiary/aromatic N) is 1. The van der Waals surface area contributed by atoms with Crippen LogP contribution < -0.4 is 5.73 Å². The van der Waals surface area contributed by atoms with Crippen molar-refractivity contribution in [2.45, 2.75) is 25.4 Å². The van der Waals surface area contributed by atoms with Gasteiger partial charge in [-0.1, -0.05) is 0 Å². The van der Waals surface area contributed by atoms with Crippen molar-refractivity contribution in [2.75, 3.05) is 12.8 Å². The first kappa shape index (κ1) is 11.0. The van der Waals surface area contributed by atoms with Crippen LogP contribution in [0.3, 0.4) is 0 Å². The molecule has 0 aromatic heterocycles. The highest BCUT2D eigenvalue weighted by molar-refractivity contribution is 5.88. The predicted molar refractivity (Wildman–Crippen MR) is 62.3 cm³/mol. The number of hydrogen-bond donors (Lipinski definition) is 2. The molecule has 0 unspecified atom stereocenters. The van der Waals surface area contributed by atoms with Crippen LogP contribution in [0.1, 0.15) is 28.8 Å². The van der Waals surface area contributed by atoms with E-state index in [1.165, 1.54) is 18.9 Å². The minimum Gasteiger partial charge on any atom is -0.478 e. The standard InChI is InChI=1S/C12H16N2O2/c1-14(10-3-4-10)7-9-6-8(12(15)16)2-5-11(9)13/h2,5-6,10H,3-4,7,13H2,1H3,(H,15,16). The van der Waals surface area contributed by atoms with Crippen molar-refractivity contribution in [1.29, 1.82) is 0 Å². The van der Waals surface area contributed by atoms with E-state index in [0.717, 1.165) is 12.1 Å². The number of nitrogens with two attached hydrogens (primary N) is 1. The number of aromatic carboxylic acids is 1. The minimum atomic E-state index is -0.907. The highest BCUT2D eigenvalue weighted by atomic mass is 16.4. The van der Waals surface area contributed by atoms with Crippen molar-refractivity contribution in [3.05, 3.63) is 29.3 Å². The molecule has 4 nitrogen and oxygen atoms in total. The molecule has 0 bridgehead atoms. The lowest BCUT2D eigenvalue weighted by atomic mass is 10.1. The van der Waals surface area contributed by atoms with Crippen LogP contribution in [0, 0.1) is 0 Å². The van der Waals surface area contributed by atoms with Gasteiger partial charge in [-0.05, 0) is 43.7 Å². The third-order valence-corrected chi connectivity index (χ3v) is 2.98. The lowest BCUT2D eigenvalue weighted by Crippen LogP contribution is -2.20. The molecule has 86 valence electrons. The monoisotopic (exact) mass is 220 g/mol. The van der Waals surface area contributed by atoms with Crippen molar-refractivity contribution in [3.63, 3.8) is 0 Å². The van der Waals surface area contributed by atoms with Crippen LogP contribution in [-0.4, -0.2) is 29.1 Å². The molecular weight excluding hydrogens is 204 g/mol. The number of anilines is 1. The fourth-order valence-electron chi connectivity index (χ4n) is 1.79. The van der Waals surface area contributed by atoms with Crippen LogP contribution >= 0.6 is 0 Å². The normalized spacial score (nSPS) is 15.4. The number of nitrogen functional groups attached to an aromatic ring is 1. The fraction of sp³-hybridized carbons (Fsp3) is 0.417. The number of rotatable bonds is 4. The zero-order valence-electron chi connectivity index (χ0n) is 9.31. The first-order chi connectivity index (χ1) is 7.58. The molecule has 0 radical (unpaired) electrons. The number of hydrogen-bond acceptors (Lipinski definition) is 3. The summed E-state index contributed by atoms with van der Waals surface area (Å²) in [6.07, 6.45) is 2.46. The van der Waals surface area contributed by atoms with Crippen molar-refractivity contribution < 1.29 is 9.90 Å². The average molecular weight is 220 g/mol. The van der Waals surface area contributed by atoms with Gasteiger partial charge in [0.1, 0.15) is 0 Å². The van der Waals surface area contributed by atoms with Gasteiger partial charge in [0.05, 0.1) is 5.56 Å². The summed E-state index contributed by atoms with van der Waals surface area (Å²) >= 11 is 0. The van der Waals surface area contributed by atoms with Gasteiger partial charge in [-0.15, -0.1) is 0 Å². The molecule has 1 aliphatic carbocycles. The molecule has 1 fully saturated rings. The number of benzene rings is 1. The Kier molecular flexibility index (Phi) is 2.83. The molecule has 0 saturated heterocycles. The van der Waals surface area contributed by atoms with Gasteiger partial charge in [-0.2, -0.15) is 0 Å². The van der Waals surface area contributed by atoms with E-state index in [9.17, 15) is 4.79 Å². The summed E-state index contributed by atoms with van der Waals surface area (Å²) in [6, 6.07) is 5.52. The molecule has 1 aliphatic rings. The van der Waals surface area contributed by atoms with Gasteiger partial charge in [0.2, 0.25) is 0 Å². The average Bonchev–Trinajstić information content (AvgIpc) is 3.04. The molecule has 0 atom stereocenters. The van der Waals surface area contributed by atoms with E-state index in [1.807, 2.05) is 7.05 Å². The molecule has 4 heteroatoms. The van der Waals surface area contributed by atoms with Gasteiger partial charge >= 0.3 is 5.97 Å². The quantitative estimate of drug-likeness (QED) is 0.756. The predicted octanol–water partition coefficient (Wildman–Crippen LogP) is 1.56. The zero-order valence-corrected chi connectivity index (χ0v) is 9.31. The van der Waals surface area contributed by atoms with Crippen molar-refractivity contribution in [1.82, 2.24) is 4.90 Å². The van der Waals surface area contributed by atoms with E-state index in [4.69, 9.17) is 10.8 Å². The molecule has 16 heavy (non-hydrogen) atoms. The number of carboxylic acids is 1. The third-order valence-electron chi connectivity index (χ3n) is 2.98. The highest BCUT2D eigenvalue weighted by Crippen LogP contribution is 2.27. The summed E-state index contributed by atoms with van der Waals surface area (Å²) in [5, 5.41) is 8.90. The number of carboxylic acid groups (broad SMARTS) is 1. The van der Waals surface area contributed by atoms with Gasteiger partial charge < -0.3 is 10.8 Å². The Morgan fingerprint density at radius 1 is 1.56 bits per heavy atom. The summed E-state index contributed by atoms with van der Waals surface area (Å²) in [5.41, 5.74) is 7.70. The van der Waals surface area contributed by atoms with Crippen LogP contribution in [0.4, 0.5) is 5.69 Å². The second kappa shape index (κ2) is 4.14. The van der Waals surface area contributed by atoms with E-state index >= 15 is 0 Å². The zero-order chi connectivity index (χ0) is 11.7. The molecular formula is C12H16N2O2. The highest BCUT2D eigenvalue weighted by Gasteiger charge is 2.26. The van der Waals surface area contributed by atoms with Gasteiger partial charge in [-0.25, -0.2) is 4.79 Å². The summed E-state index contributed by atoms with van der Waals surface area (Å²) in [6.45, 7) is 0.720. The molecule has 1 aromatic carbocycles. The first-order valence-electron chi connectivity index (χ1n) is 5.40. The van der Waals surface area contributed by atoms with Gasteiger partial charge in [0.25, 0.3) is 0 Å². The Morgan fingerprint density at radius 3 is 2.81 bits per heavy atom. The Bertz CT molecular complexity index is 413. The van der Waals surface area contributed by atoms with Gasteiger partial charge in [-0.3, -0.25) is 4.90 Å². The van der Waals surface area contributed by atoms with Crippen LogP contribution in [-0.2, 0) is 6.54 Å². The van der Waals surface area contributed by atoms with Crippen LogP contribution in [0.5, 0.6) is 0 Å². The molecule has 0 aliphatic heterocycles. The second-order valence-electron chi connectivity index (χ2n) is 4.37. The molecule has 1 aromatic rings. The number of carbonyl (C=O) groups is 1. The molecule has 1 saturated carbocycles. The molecule has 0 spiro atoms. The SMILES string of the molecule is CN(Cc1cc(C(=O)O)ccc1N)C1CC1. The van der Waals surface area contributed by atoms with E-state index < -0.39 is 5.97 Å².